The summed E-state index contributed by atoms with van der Waals surface area (Å²) in [5.74, 6) is 7.46. The molecule has 1 aromatic carbocycles. The molecule has 0 saturated heterocycles. The zero-order valence-corrected chi connectivity index (χ0v) is 14.0. The van der Waals surface area contributed by atoms with Crippen LogP contribution in [0.1, 0.15) is 12.7 Å². The molecule has 0 radical (unpaired) electrons. The van der Waals surface area contributed by atoms with Gasteiger partial charge in [-0.25, -0.2) is 15.8 Å². The van der Waals surface area contributed by atoms with Crippen LogP contribution < -0.4 is 16.6 Å². The first-order valence-corrected chi connectivity index (χ1v) is 7.56. The predicted octanol–water partition coefficient (Wildman–Crippen LogP) is 3.44. The SMILES string of the molecule is CCc1nc(NN)cc(Nc2ccc(Br)c(I)c2)n1. The van der Waals surface area contributed by atoms with Crippen LogP contribution in [0.3, 0.4) is 0 Å². The second-order valence-electron chi connectivity index (χ2n) is 3.81. The van der Waals surface area contributed by atoms with E-state index >= 15 is 0 Å². The van der Waals surface area contributed by atoms with Gasteiger partial charge in [0.1, 0.15) is 17.5 Å². The first kappa shape index (κ1) is 14.5. The van der Waals surface area contributed by atoms with E-state index in [1.165, 1.54) is 0 Å². The monoisotopic (exact) mass is 433 g/mol. The van der Waals surface area contributed by atoms with Crippen LogP contribution in [0.15, 0.2) is 28.7 Å². The molecule has 7 heteroatoms. The fourth-order valence-corrected chi connectivity index (χ4v) is 2.28. The van der Waals surface area contributed by atoms with Crippen molar-refractivity contribution in [3.8, 4) is 0 Å². The lowest BCUT2D eigenvalue weighted by atomic mass is 10.3. The number of nitrogen functional groups attached to an aromatic ring is 1. The van der Waals surface area contributed by atoms with Gasteiger partial charge in [0.05, 0.1) is 0 Å². The summed E-state index contributed by atoms with van der Waals surface area (Å²) >= 11 is 5.74. The van der Waals surface area contributed by atoms with Crippen molar-refractivity contribution < 1.29 is 0 Å². The number of anilines is 3. The lowest BCUT2D eigenvalue weighted by Crippen LogP contribution is -2.11. The van der Waals surface area contributed by atoms with Gasteiger partial charge in [-0.15, -0.1) is 0 Å². The Morgan fingerprint density at radius 1 is 1.26 bits per heavy atom. The van der Waals surface area contributed by atoms with Crippen molar-refractivity contribution in [2.75, 3.05) is 10.7 Å². The van der Waals surface area contributed by atoms with Crippen molar-refractivity contribution in [2.45, 2.75) is 13.3 Å². The standard InChI is InChI=1S/C12H13BrIN5/c1-2-10-17-11(6-12(18-10)19-15)16-7-3-4-8(13)9(14)5-7/h3-6H,2,15H2,1H3,(H2,16,17,18,19). The van der Waals surface area contributed by atoms with Gasteiger partial charge in [0.15, 0.2) is 0 Å². The van der Waals surface area contributed by atoms with E-state index in [9.17, 15) is 0 Å². The van der Waals surface area contributed by atoms with Crippen LogP contribution in [0.4, 0.5) is 17.3 Å². The quantitative estimate of drug-likeness (QED) is 0.391. The minimum atomic E-state index is 0.598. The fourth-order valence-electron chi connectivity index (χ4n) is 1.51. The Bertz CT molecular complexity index is 568. The molecule has 5 nitrogen and oxygen atoms in total. The molecular formula is C12H13BrIN5. The largest absolute Gasteiger partial charge is 0.340 e. The highest BCUT2D eigenvalue weighted by Crippen LogP contribution is 2.24. The van der Waals surface area contributed by atoms with Crippen LogP contribution in [0.2, 0.25) is 0 Å². The maximum absolute atomic E-state index is 5.40. The number of nitrogens with zero attached hydrogens (tertiary/aromatic N) is 2. The van der Waals surface area contributed by atoms with E-state index in [2.05, 4.69) is 59.2 Å². The van der Waals surface area contributed by atoms with Crippen molar-refractivity contribution in [1.82, 2.24) is 9.97 Å². The Hall–Kier alpha value is -0.930. The third-order valence-corrected chi connectivity index (χ3v) is 4.75. The van der Waals surface area contributed by atoms with E-state index in [-0.39, 0.29) is 0 Å². The first-order chi connectivity index (χ1) is 9.12. The highest BCUT2D eigenvalue weighted by Gasteiger charge is 2.04. The van der Waals surface area contributed by atoms with Crippen LogP contribution in [-0.2, 0) is 6.42 Å². The Morgan fingerprint density at radius 3 is 2.63 bits per heavy atom. The van der Waals surface area contributed by atoms with E-state index < -0.39 is 0 Å². The van der Waals surface area contributed by atoms with Crippen LogP contribution >= 0.6 is 38.5 Å². The van der Waals surface area contributed by atoms with Gasteiger partial charge in [-0.3, -0.25) is 0 Å². The minimum absolute atomic E-state index is 0.598. The zero-order valence-electron chi connectivity index (χ0n) is 10.2. The lowest BCUT2D eigenvalue weighted by molar-refractivity contribution is 0.941. The molecule has 2 rings (SSSR count). The molecule has 4 N–H and O–H groups in total. The topological polar surface area (TPSA) is 75.9 Å². The van der Waals surface area contributed by atoms with Crippen LogP contribution in [0, 0.1) is 3.57 Å². The maximum atomic E-state index is 5.40. The number of aromatic nitrogens is 2. The van der Waals surface area contributed by atoms with Crippen LogP contribution in [0.25, 0.3) is 0 Å². The van der Waals surface area contributed by atoms with Crippen LogP contribution in [0.5, 0.6) is 0 Å². The Labute approximate surface area is 133 Å². The molecule has 0 aliphatic rings. The van der Waals surface area contributed by atoms with Gasteiger partial charge in [0.25, 0.3) is 0 Å². The predicted molar refractivity (Wildman–Crippen MR) is 89.4 cm³/mol. The van der Waals surface area contributed by atoms with Crippen molar-refractivity contribution in [3.63, 3.8) is 0 Å². The van der Waals surface area contributed by atoms with Gasteiger partial charge in [-0.2, -0.15) is 0 Å². The lowest BCUT2D eigenvalue weighted by Gasteiger charge is -2.09. The first-order valence-electron chi connectivity index (χ1n) is 5.69. The van der Waals surface area contributed by atoms with Gasteiger partial charge in [-0.05, 0) is 56.7 Å². The summed E-state index contributed by atoms with van der Waals surface area (Å²) in [5, 5.41) is 3.25. The number of benzene rings is 1. The summed E-state index contributed by atoms with van der Waals surface area (Å²) in [5.41, 5.74) is 3.52. The second-order valence-corrected chi connectivity index (χ2v) is 5.82. The van der Waals surface area contributed by atoms with E-state index in [1.54, 1.807) is 6.07 Å². The van der Waals surface area contributed by atoms with Gasteiger partial charge in [0, 0.05) is 26.2 Å². The molecule has 1 aromatic heterocycles. The van der Waals surface area contributed by atoms with Gasteiger partial charge in [0.2, 0.25) is 0 Å². The Morgan fingerprint density at radius 2 is 2.00 bits per heavy atom. The third-order valence-electron chi connectivity index (χ3n) is 2.43. The molecule has 0 saturated carbocycles. The summed E-state index contributed by atoms with van der Waals surface area (Å²) in [7, 11) is 0. The number of aryl methyl sites for hydroxylation is 1. The number of halogens is 2. The van der Waals surface area contributed by atoms with E-state index in [0.717, 1.165) is 31.8 Å². The van der Waals surface area contributed by atoms with Gasteiger partial charge >= 0.3 is 0 Å². The number of hydrogen-bond acceptors (Lipinski definition) is 5. The molecule has 0 amide bonds. The van der Waals surface area contributed by atoms with Crippen molar-refractivity contribution in [1.29, 1.82) is 0 Å². The molecule has 0 spiro atoms. The number of hydrogen-bond donors (Lipinski definition) is 3. The van der Waals surface area contributed by atoms with E-state index in [4.69, 9.17) is 5.84 Å². The number of rotatable bonds is 4. The molecule has 0 fully saturated rings. The van der Waals surface area contributed by atoms with Crippen molar-refractivity contribution in [3.05, 3.63) is 38.1 Å². The molecule has 0 aliphatic heterocycles. The summed E-state index contributed by atoms with van der Waals surface area (Å²) < 4.78 is 2.20. The summed E-state index contributed by atoms with van der Waals surface area (Å²) in [4.78, 5) is 8.66. The average molecular weight is 434 g/mol. The normalized spacial score (nSPS) is 10.3. The Balaban J connectivity index is 2.29. The second kappa shape index (κ2) is 6.49. The van der Waals surface area contributed by atoms with Gasteiger partial charge < -0.3 is 10.7 Å². The maximum Gasteiger partial charge on any atom is 0.145 e. The molecule has 0 unspecified atom stereocenters. The Kier molecular flexibility index (Phi) is 4.94. The third kappa shape index (κ3) is 3.77. The molecule has 2 aromatic rings. The molecule has 0 aliphatic carbocycles. The fraction of sp³-hybridized carbons (Fsp3) is 0.167. The molecule has 100 valence electrons. The molecular weight excluding hydrogens is 421 g/mol. The molecule has 0 bridgehead atoms. The molecule has 19 heavy (non-hydrogen) atoms. The van der Waals surface area contributed by atoms with Crippen molar-refractivity contribution >= 4 is 55.8 Å². The number of hydrazine groups is 1. The van der Waals surface area contributed by atoms with Gasteiger partial charge in [-0.1, -0.05) is 6.92 Å². The summed E-state index contributed by atoms with van der Waals surface area (Å²) in [6, 6.07) is 7.78. The molecule has 0 atom stereocenters. The summed E-state index contributed by atoms with van der Waals surface area (Å²) in [6.45, 7) is 2.00. The summed E-state index contributed by atoms with van der Waals surface area (Å²) in [6.07, 6.45) is 0.752. The van der Waals surface area contributed by atoms with Crippen molar-refractivity contribution in [2.24, 2.45) is 5.84 Å². The van der Waals surface area contributed by atoms with E-state index in [0.29, 0.717) is 5.82 Å². The minimum Gasteiger partial charge on any atom is -0.340 e. The molecule has 1 heterocycles. The smallest absolute Gasteiger partial charge is 0.145 e. The highest BCUT2D eigenvalue weighted by atomic mass is 127. The zero-order chi connectivity index (χ0) is 13.8. The highest BCUT2D eigenvalue weighted by molar-refractivity contribution is 14.1. The van der Waals surface area contributed by atoms with E-state index in [1.807, 2.05) is 25.1 Å². The number of nitrogens with two attached hydrogens (primary N) is 1. The van der Waals surface area contributed by atoms with Crippen LogP contribution in [-0.4, -0.2) is 9.97 Å². The average Bonchev–Trinajstić information content (AvgIpc) is 2.42. The number of nitrogens with one attached hydrogen (secondary N) is 2.